The van der Waals surface area contributed by atoms with E-state index in [-0.39, 0.29) is 41.3 Å². The number of amides is 3. The summed E-state index contributed by atoms with van der Waals surface area (Å²) in [6.07, 6.45) is 1.01. The average Bonchev–Trinajstić information content (AvgIpc) is 3.12. The fourth-order valence-corrected chi connectivity index (χ4v) is 3.04. The minimum Gasteiger partial charge on any atom is -0.380 e. The van der Waals surface area contributed by atoms with Crippen LogP contribution >= 0.6 is 0 Å². The first-order valence-electron chi connectivity index (χ1n) is 9.10. The third-order valence-corrected chi connectivity index (χ3v) is 4.96. The molecule has 146 valence electrons. The van der Waals surface area contributed by atoms with Crippen LogP contribution in [-0.2, 0) is 14.3 Å². The maximum atomic E-state index is 12.3. The van der Waals surface area contributed by atoms with Gasteiger partial charge >= 0.3 is 0 Å². The monoisotopic (exact) mass is 384 g/mol. The Balaban J connectivity index is 1.21. The molecule has 2 heterocycles. The number of nitrogens with one attached hydrogen (secondary N) is 3. The number of carbonyl (C=O) groups excluding carboxylic acids is 3. The Labute approximate surface area is 160 Å². The molecule has 1 aromatic carbocycles. The van der Waals surface area contributed by atoms with Crippen molar-refractivity contribution in [2.45, 2.75) is 18.9 Å². The van der Waals surface area contributed by atoms with Gasteiger partial charge in [-0.05, 0) is 12.8 Å². The standard InChI is InChI=1S/C19H20N4O5/c24-17(21-22-18(25)13-9-27-10-13)12-6-14(7-12)20-19(26)15-8-16(28-23-15)11-4-2-1-3-5-11/h1-5,8,12-14H,6-7,9-10H2,(H,20,26)(H,21,24)(H,22,25). The van der Waals surface area contributed by atoms with E-state index in [2.05, 4.69) is 21.3 Å². The average molecular weight is 384 g/mol. The third kappa shape index (κ3) is 3.89. The van der Waals surface area contributed by atoms with Gasteiger partial charge in [-0.15, -0.1) is 0 Å². The molecule has 2 aliphatic rings. The zero-order valence-corrected chi connectivity index (χ0v) is 15.0. The Kier molecular flexibility index (Phi) is 5.07. The van der Waals surface area contributed by atoms with Crippen LogP contribution in [0, 0.1) is 11.8 Å². The van der Waals surface area contributed by atoms with Gasteiger partial charge in [0.15, 0.2) is 11.5 Å². The maximum absolute atomic E-state index is 12.3. The molecule has 1 saturated carbocycles. The lowest BCUT2D eigenvalue weighted by Gasteiger charge is -2.34. The minimum absolute atomic E-state index is 0.115. The highest BCUT2D eigenvalue weighted by atomic mass is 16.5. The zero-order valence-electron chi connectivity index (χ0n) is 15.0. The molecule has 1 saturated heterocycles. The lowest BCUT2D eigenvalue weighted by Crippen LogP contribution is -2.55. The summed E-state index contributed by atoms with van der Waals surface area (Å²) in [7, 11) is 0. The second-order valence-corrected chi connectivity index (χ2v) is 6.99. The van der Waals surface area contributed by atoms with Gasteiger partial charge in [0.25, 0.3) is 5.91 Å². The van der Waals surface area contributed by atoms with E-state index in [1.165, 1.54) is 0 Å². The Morgan fingerprint density at radius 2 is 1.64 bits per heavy atom. The highest BCUT2D eigenvalue weighted by Crippen LogP contribution is 2.28. The lowest BCUT2D eigenvalue weighted by atomic mass is 9.79. The molecule has 0 spiro atoms. The summed E-state index contributed by atoms with van der Waals surface area (Å²) in [5, 5.41) is 6.65. The number of ether oxygens (including phenoxy) is 1. The molecule has 9 heteroatoms. The van der Waals surface area contributed by atoms with Crippen molar-refractivity contribution in [3.8, 4) is 11.3 Å². The van der Waals surface area contributed by atoms with Crippen molar-refractivity contribution in [3.63, 3.8) is 0 Å². The zero-order chi connectivity index (χ0) is 19.5. The molecule has 0 bridgehead atoms. The van der Waals surface area contributed by atoms with E-state index in [0.29, 0.717) is 31.8 Å². The van der Waals surface area contributed by atoms with Crippen LogP contribution in [0.15, 0.2) is 40.9 Å². The number of hydrogen-bond acceptors (Lipinski definition) is 6. The number of benzene rings is 1. The van der Waals surface area contributed by atoms with Crippen LogP contribution in [0.25, 0.3) is 11.3 Å². The quantitative estimate of drug-likeness (QED) is 0.651. The second kappa shape index (κ2) is 7.81. The first-order valence-corrected chi connectivity index (χ1v) is 9.10. The van der Waals surface area contributed by atoms with Gasteiger partial charge in [0, 0.05) is 23.6 Å². The van der Waals surface area contributed by atoms with Crippen LogP contribution in [-0.4, -0.2) is 42.1 Å². The van der Waals surface area contributed by atoms with Gasteiger partial charge in [0.2, 0.25) is 11.8 Å². The summed E-state index contributed by atoms with van der Waals surface area (Å²) >= 11 is 0. The summed E-state index contributed by atoms with van der Waals surface area (Å²) in [4.78, 5) is 36.0. The molecule has 1 aliphatic heterocycles. The van der Waals surface area contributed by atoms with Crippen LogP contribution in [0.5, 0.6) is 0 Å². The largest absolute Gasteiger partial charge is 0.380 e. The first kappa shape index (κ1) is 18.2. The van der Waals surface area contributed by atoms with Crippen molar-refractivity contribution in [1.82, 2.24) is 21.3 Å². The van der Waals surface area contributed by atoms with Crippen LogP contribution in [0.1, 0.15) is 23.3 Å². The van der Waals surface area contributed by atoms with E-state index >= 15 is 0 Å². The highest BCUT2D eigenvalue weighted by molar-refractivity contribution is 5.93. The number of carbonyl (C=O) groups is 3. The molecule has 0 unspecified atom stereocenters. The Morgan fingerprint density at radius 3 is 2.29 bits per heavy atom. The van der Waals surface area contributed by atoms with Gasteiger partial charge in [-0.1, -0.05) is 35.5 Å². The summed E-state index contributed by atoms with van der Waals surface area (Å²) in [6.45, 7) is 0.764. The van der Waals surface area contributed by atoms with E-state index < -0.39 is 0 Å². The normalized spacial score (nSPS) is 21.1. The van der Waals surface area contributed by atoms with Crippen molar-refractivity contribution in [3.05, 3.63) is 42.1 Å². The predicted octanol–water partition coefficient (Wildman–Crippen LogP) is 0.644. The van der Waals surface area contributed by atoms with E-state index in [4.69, 9.17) is 9.26 Å². The van der Waals surface area contributed by atoms with Crippen LogP contribution in [0.3, 0.4) is 0 Å². The van der Waals surface area contributed by atoms with Crippen molar-refractivity contribution in [2.75, 3.05) is 13.2 Å². The molecule has 2 aromatic rings. The summed E-state index contributed by atoms with van der Waals surface area (Å²) in [5.41, 5.74) is 5.87. The van der Waals surface area contributed by atoms with Crippen molar-refractivity contribution in [1.29, 1.82) is 0 Å². The van der Waals surface area contributed by atoms with E-state index in [1.54, 1.807) is 6.07 Å². The third-order valence-electron chi connectivity index (χ3n) is 4.96. The topological polar surface area (TPSA) is 123 Å². The van der Waals surface area contributed by atoms with Gasteiger partial charge in [-0.2, -0.15) is 0 Å². The SMILES string of the molecule is O=C(NC1CC(C(=O)NNC(=O)C2COC2)C1)c1cc(-c2ccccc2)on1. The Bertz CT molecular complexity index is 871. The summed E-state index contributed by atoms with van der Waals surface area (Å²) in [6, 6.07) is 10.9. The molecule has 1 aromatic heterocycles. The number of rotatable bonds is 5. The van der Waals surface area contributed by atoms with E-state index in [9.17, 15) is 14.4 Å². The van der Waals surface area contributed by atoms with Gasteiger partial charge in [0.05, 0.1) is 19.1 Å². The summed E-state index contributed by atoms with van der Waals surface area (Å²) < 4.78 is 10.2. The van der Waals surface area contributed by atoms with Crippen molar-refractivity contribution in [2.24, 2.45) is 11.8 Å². The smallest absolute Gasteiger partial charge is 0.273 e. The number of aromatic nitrogens is 1. The molecular formula is C19H20N4O5. The van der Waals surface area contributed by atoms with E-state index in [0.717, 1.165) is 5.56 Å². The fourth-order valence-electron chi connectivity index (χ4n) is 3.04. The van der Waals surface area contributed by atoms with Crippen LogP contribution < -0.4 is 16.2 Å². The van der Waals surface area contributed by atoms with E-state index in [1.807, 2.05) is 30.3 Å². The highest BCUT2D eigenvalue weighted by Gasteiger charge is 2.36. The molecule has 3 N–H and O–H groups in total. The van der Waals surface area contributed by atoms with Crippen molar-refractivity contribution < 1.29 is 23.6 Å². The molecule has 2 fully saturated rings. The molecule has 3 amide bonds. The summed E-state index contributed by atoms with van der Waals surface area (Å²) in [5.74, 6) is -0.773. The first-order chi connectivity index (χ1) is 13.6. The Morgan fingerprint density at radius 1 is 0.964 bits per heavy atom. The molecule has 0 radical (unpaired) electrons. The molecule has 28 heavy (non-hydrogen) atoms. The second-order valence-electron chi connectivity index (χ2n) is 6.99. The molecule has 1 aliphatic carbocycles. The minimum atomic E-state index is -0.340. The molecule has 4 rings (SSSR count). The predicted molar refractivity (Wildman–Crippen MR) is 96.5 cm³/mol. The fraction of sp³-hybridized carbons (Fsp3) is 0.368. The van der Waals surface area contributed by atoms with Gasteiger partial charge < -0.3 is 14.6 Å². The molecular weight excluding hydrogens is 364 g/mol. The number of hydrazine groups is 1. The number of hydrogen-bond donors (Lipinski definition) is 3. The van der Waals surface area contributed by atoms with Crippen LogP contribution in [0.2, 0.25) is 0 Å². The molecule has 0 atom stereocenters. The maximum Gasteiger partial charge on any atom is 0.273 e. The number of nitrogens with zero attached hydrogens (tertiary/aromatic N) is 1. The Hall–Kier alpha value is -3.20. The van der Waals surface area contributed by atoms with Gasteiger partial charge in [0.1, 0.15) is 0 Å². The van der Waals surface area contributed by atoms with Gasteiger partial charge in [-0.3, -0.25) is 25.2 Å². The van der Waals surface area contributed by atoms with Crippen molar-refractivity contribution >= 4 is 17.7 Å². The lowest BCUT2D eigenvalue weighted by molar-refractivity contribution is -0.143. The van der Waals surface area contributed by atoms with Crippen LogP contribution in [0.4, 0.5) is 0 Å². The van der Waals surface area contributed by atoms with Gasteiger partial charge in [-0.25, -0.2) is 0 Å². The molecule has 9 nitrogen and oxygen atoms in total.